The van der Waals surface area contributed by atoms with Gasteiger partial charge >= 0.3 is 11.7 Å². The Morgan fingerprint density at radius 2 is 1.60 bits per heavy atom. The van der Waals surface area contributed by atoms with Gasteiger partial charge in [-0.3, -0.25) is 0 Å². The third-order valence-electron chi connectivity index (χ3n) is 5.06. The molecule has 0 saturated heterocycles. The second-order valence-electron chi connectivity index (χ2n) is 6.84. The number of rotatable bonds is 5. The highest BCUT2D eigenvalue weighted by Gasteiger charge is 2.43. The van der Waals surface area contributed by atoms with Gasteiger partial charge in [0.1, 0.15) is 0 Å². The van der Waals surface area contributed by atoms with E-state index in [1.807, 2.05) is 89.8 Å². The molecule has 0 aromatic heterocycles. The van der Waals surface area contributed by atoms with E-state index in [9.17, 15) is 10.3 Å². The van der Waals surface area contributed by atoms with E-state index in [1.165, 1.54) is 0 Å². The number of carbonyl (C=O) groups is 1. The number of esters is 1. The summed E-state index contributed by atoms with van der Waals surface area (Å²) >= 11 is 0. The van der Waals surface area contributed by atoms with Gasteiger partial charge in [0.15, 0.2) is 6.04 Å². The number of benzene rings is 3. The fourth-order valence-electron chi connectivity index (χ4n) is 3.78. The van der Waals surface area contributed by atoms with Gasteiger partial charge in [-0.05, 0) is 41.8 Å². The monoisotopic (exact) mass is 395 g/mol. The van der Waals surface area contributed by atoms with Crippen molar-refractivity contribution in [2.75, 3.05) is 11.5 Å². The molecule has 1 heterocycles. The van der Waals surface area contributed by atoms with E-state index in [0.717, 1.165) is 28.1 Å². The molecule has 30 heavy (non-hydrogen) atoms. The highest BCUT2D eigenvalue weighted by atomic mass is 16.5. The van der Waals surface area contributed by atoms with Gasteiger partial charge in [0.25, 0.3) is 0 Å². The Morgan fingerprint density at radius 3 is 2.27 bits per heavy atom. The summed E-state index contributed by atoms with van der Waals surface area (Å²) in [5.41, 5.74) is 14.4. The van der Waals surface area contributed by atoms with E-state index in [-0.39, 0.29) is 12.3 Å². The van der Waals surface area contributed by atoms with E-state index < -0.39 is 12.0 Å². The summed E-state index contributed by atoms with van der Waals surface area (Å²) in [6.07, 6.45) is 2.09. The summed E-state index contributed by atoms with van der Waals surface area (Å²) in [5, 5.41) is 0. The van der Waals surface area contributed by atoms with Crippen molar-refractivity contribution in [1.29, 1.82) is 0 Å². The van der Waals surface area contributed by atoms with Crippen LogP contribution < -0.4 is 4.90 Å². The Hall–Kier alpha value is -3.95. The van der Waals surface area contributed by atoms with E-state index >= 15 is 0 Å². The topological polar surface area (TPSA) is 65.9 Å². The molecule has 5 nitrogen and oxygen atoms in total. The Labute approximate surface area is 175 Å². The average Bonchev–Trinajstić information content (AvgIpc) is 2.80. The molecule has 5 heteroatoms. The van der Waals surface area contributed by atoms with Crippen molar-refractivity contribution in [2.24, 2.45) is 0 Å². The van der Waals surface area contributed by atoms with Gasteiger partial charge in [-0.1, -0.05) is 72.8 Å². The zero-order chi connectivity index (χ0) is 20.9. The SMILES string of the molecule is CCOC(=O)C(=[N+]=[N-])C1c2ccccc2C=C(c2ccccc2)N1c1ccccc1. The van der Waals surface area contributed by atoms with E-state index in [4.69, 9.17) is 4.74 Å². The number of nitrogens with zero attached hydrogens (tertiary/aromatic N) is 3. The molecular weight excluding hydrogens is 374 g/mol. The first kappa shape index (κ1) is 19.4. The number of hydrogen-bond acceptors (Lipinski definition) is 3. The van der Waals surface area contributed by atoms with E-state index in [0.29, 0.717) is 0 Å². The van der Waals surface area contributed by atoms with Crippen LogP contribution in [0.15, 0.2) is 84.9 Å². The molecule has 0 aliphatic carbocycles. The van der Waals surface area contributed by atoms with Crippen LogP contribution in [0, 0.1) is 0 Å². The van der Waals surface area contributed by atoms with Crippen LogP contribution >= 0.6 is 0 Å². The van der Waals surface area contributed by atoms with Gasteiger partial charge in [0, 0.05) is 5.69 Å². The molecule has 0 radical (unpaired) electrons. The molecule has 0 amide bonds. The van der Waals surface area contributed by atoms with Crippen LogP contribution in [0.1, 0.15) is 29.7 Å². The molecule has 0 N–H and O–H groups in total. The minimum atomic E-state index is -0.646. The number of ether oxygens (including phenoxy) is 1. The molecular formula is C25H21N3O2. The van der Waals surface area contributed by atoms with Crippen LogP contribution in [0.4, 0.5) is 5.69 Å². The van der Waals surface area contributed by atoms with Crippen molar-refractivity contribution >= 4 is 29.1 Å². The van der Waals surface area contributed by atoms with Gasteiger partial charge < -0.3 is 15.2 Å². The molecule has 0 bridgehead atoms. The summed E-state index contributed by atoms with van der Waals surface area (Å²) < 4.78 is 5.21. The first-order valence-electron chi connectivity index (χ1n) is 9.84. The molecule has 1 aliphatic rings. The number of anilines is 1. The predicted molar refractivity (Wildman–Crippen MR) is 118 cm³/mol. The zero-order valence-corrected chi connectivity index (χ0v) is 16.6. The molecule has 0 spiro atoms. The van der Waals surface area contributed by atoms with Crippen LogP contribution in [-0.2, 0) is 9.53 Å². The average molecular weight is 395 g/mol. The maximum absolute atomic E-state index is 12.7. The van der Waals surface area contributed by atoms with Crippen molar-refractivity contribution in [3.63, 3.8) is 0 Å². The van der Waals surface area contributed by atoms with Crippen LogP contribution in [-0.4, -0.2) is 23.1 Å². The molecule has 1 unspecified atom stereocenters. The number of para-hydroxylation sites is 1. The standard InChI is InChI=1S/C25H21N3O2/c1-2-30-25(29)23(27-26)24-21-16-10-9-13-19(21)17-22(18-11-5-3-6-12-18)28(24)20-14-7-4-8-15-20/h3-17,24H,2H2,1H3. The lowest BCUT2D eigenvalue weighted by molar-refractivity contribution is -0.140. The van der Waals surface area contributed by atoms with Crippen LogP contribution in [0.5, 0.6) is 0 Å². The Bertz CT molecular complexity index is 1130. The molecule has 3 aromatic carbocycles. The summed E-state index contributed by atoms with van der Waals surface area (Å²) in [5.74, 6) is -0.643. The van der Waals surface area contributed by atoms with Crippen LogP contribution in [0.3, 0.4) is 0 Å². The van der Waals surface area contributed by atoms with Crippen molar-refractivity contribution in [3.8, 4) is 0 Å². The quantitative estimate of drug-likeness (QED) is 0.265. The Morgan fingerprint density at radius 1 is 0.967 bits per heavy atom. The minimum Gasteiger partial charge on any atom is -0.457 e. The third-order valence-corrected chi connectivity index (χ3v) is 5.06. The Kier molecular flexibility index (Phi) is 5.55. The molecule has 1 atom stereocenters. The molecule has 148 valence electrons. The third kappa shape index (κ3) is 3.54. The van der Waals surface area contributed by atoms with Crippen molar-refractivity contribution in [3.05, 3.63) is 107 Å². The maximum Gasteiger partial charge on any atom is 0.419 e. The second kappa shape index (κ2) is 8.60. The Balaban J connectivity index is 1.99. The molecule has 0 saturated carbocycles. The van der Waals surface area contributed by atoms with E-state index in [2.05, 4.69) is 10.9 Å². The normalized spacial score (nSPS) is 14.9. The summed E-state index contributed by atoms with van der Waals surface area (Å²) in [4.78, 5) is 18.2. The van der Waals surface area contributed by atoms with E-state index in [1.54, 1.807) is 6.92 Å². The molecule has 4 rings (SSSR count). The number of carbonyl (C=O) groups excluding carboxylic acids is 1. The van der Waals surface area contributed by atoms with Gasteiger partial charge in [-0.25, -0.2) is 4.79 Å². The fraction of sp³-hybridized carbons (Fsp3) is 0.120. The molecule has 3 aromatic rings. The van der Waals surface area contributed by atoms with Gasteiger partial charge in [0.2, 0.25) is 0 Å². The lowest BCUT2D eigenvalue weighted by atomic mass is 9.88. The van der Waals surface area contributed by atoms with Crippen molar-refractivity contribution < 1.29 is 14.3 Å². The number of fused-ring (bicyclic) bond motifs is 1. The second-order valence-corrected chi connectivity index (χ2v) is 6.84. The lowest BCUT2D eigenvalue weighted by Crippen LogP contribution is -2.40. The zero-order valence-electron chi connectivity index (χ0n) is 16.6. The smallest absolute Gasteiger partial charge is 0.419 e. The highest BCUT2D eigenvalue weighted by Crippen LogP contribution is 2.42. The lowest BCUT2D eigenvalue weighted by Gasteiger charge is -2.37. The van der Waals surface area contributed by atoms with Gasteiger partial charge in [-0.2, -0.15) is 4.79 Å². The van der Waals surface area contributed by atoms with Gasteiger partial charge in [-0.15, -0.1) is 0 Å². The fourth-order valence-corrected chi connectivity index (χ4v) is 3.78. The van der Waals surface area contributed by atoms with Crippen molar-refractivity contribution in [2.45, 2.75) is 13.0 Å². The maximum atomic E-state index is 12.7. The van der Waals surface area contributed by atoms with Crippen LogP contribution in [0.2, 0.25) is 0 Å². The minimum absolute atomic E-state index is 0.0605. The summed E-state index contributed by atoms with van der Waals surface area (Å²) in [6, 6.07) is 26.9. The number of hydrogen-bond donors (Lipinski definition) is 0. The highest BCUT2D eigenvalue weighted by molar-refractivity contribution is 6.37. The first-order chi connectivity index (χ1) is 14.7. The molecule has 1 aliphatic heterocycles. The summed E-state index contributed by atoms with van der Waals surface area (Å²) in [7, 11) is 0. The predicted octanol–water partition coefficient (Wildman–Crippen LogP) is 4.98. The van der Waals surface area contributed by atoms with Crippen LogP contribution in [0.25, 0.3) is 17.3 Å². The summed E-state index contributed by atoms with van der Waals surface area (Å²) in [6.45, 7) is 1.92. The largest absolute Gasteiger partial charge is 0.457 e. The van der Waals surface area contributed by atoms with Crippen molar-refractivity contribution in [1.82, 2.24) is 0 Å². The first-order valence-corrected chi connectivity index (χ1v) is 9.84. The molecule has 0 fully saturated rings. The van der Waals surface area contributed by atoms with Gasteiger partial charge in [0.05, 0.1) is 12.3 Å².